The lowest BCUT2D eigenvalue weighted by atomic mass is 10.2. The Morgan fingerprint density at radius 1 is 1.14 bits per heavy atom. The predicted molar refractivity (Wildman–Crippen MR) is 62.7 cm³/mol. The molecular weight excluding hydrogens is 194 g/mol. The Kier molecular flexibility index (Phi) is 5.68. The molecule has 1 rings (SSSR count). The van der Waals surface area contributed by atoms with Gasteiger partial charge in [0.05, 0.1) is 6.61 Å². The Hall–Kier alpha value is -0.510. The van der Waals surface area contributed by atoms with Gasteiger partial charge in [0.1, 0.15) is 0 Å². The molecular formula is C11H17NOS. The molecule has 0 bridgehead atoms. The third kappa shape index (κ3) is 4.13. The largest absolute Gasteiger partial charge is 0.395 e. The molecule has 0 aromatic heterocycles. The normalized spacial score (nSPS) is 10.8. The highest BCUT2D eigenvalue weighted by Crippen LogP contribution is 2.03. The van der Waals surface area contributed by atoms with Crippen molar-refractivity contribution in [3.05, 3.63) is 35.9 Å². The molecule has 3 heteroatoms. The summed E-state index contributed by atoms with van der Waals surface area (Å²) in [4.78, 5) is 2.20. The second kappa shape index (κ2) is 6.87. The number of hydrogen-bond donors (Lipinski definition) is 2. The van der Waals surface area contributed by atoms with Gasteiger partial charge in [-0.25, -0.2) is 0 Å². The van der Waals surface area contributed by atoms with Crippen molar-refractivity contribution in [2.75, 3.05) is 25.4 Å². The van der Waals surface area contributed by atoms with Crippen molar-refractivity contribution in [2.24, 2.45) is 0 Å². The molecule has 1 aromatic rings. The van der Waals surface area contributed by atoms with E-state index in [9.17, 15) is 0 Å². The monoisotopic (exact) mass is 211 g/mol. The van der Waals surface area contributed by atoms with Crippen LogP contribution in [0.15, 0.2) is 30.3 Å². The van der Waals surface area contributed by atoms with Gasteiger partial charge in [-0.3, -0.25) is 4.90 Å². The van der Waals surface area contributed by atoms with Crippen LogP contribution in [0.4, 0.5) is 0 Å². The van der Waals surface area contributed by atoms with Crippen LogP contribution in [0.1, 0.15) is 5.56 Å². The first-order valence-corrected chi connectivity index (χ1v) is 5.48. The Balaban J connectivity index is 2.46. The van der Waals surface area contributed by atoms with Crippen LogP contribution < -0.4 is 0 Å². The van der Waals surface area contributed by atoms with Crippen LogP contribution in [0.5, 0.6) is 0 Å². The minimum Gasteiger partial charge on any atom is -0.395 e. The number of hydrogen-bond acceptors (Lipinski definition) is 3. The van der Waals surface area contributed by atoms with Gasteiger partial charge in [0, 0.05) is 25.4 Å². The summed E-state index contributed by atoms with van der Waals surface area (Å²) in [7, 11) is 0. The number of aliphatic hydroxyl groups is 1. The van der Waals surface area contributed by atoms with Gasteiger partial charge in [0.2, 0.25) is 0 Å². The zero-order chi connectivity index (χ0) is 10.2. The molecule has 0 fully saturated rings. The summed E-state index contributed by atoms with van der Waals surface area (Å²) in [5.74, 6) is 0.826. The Morgan fingerprint density at radius 3 is 2.43 bits per heavy atom. The molecule has 0 radical (unpaired) electrons. The van der Waals surface area contributed by atoms with Crippen LogP contribution in [0.3, 0.4) is 0 Å². The van der Waals surface area contributed by atoms with Gasteiger partial charge in [-0.2, -0.15) is 12.6 Å². The molecule has 0 aliphatic carbocycles. The average molecular weight is 211 g/mol. The van der Waals surface area contributed by atoms with E-state index in [0.29, 0.717) is 0 Å². The zero-order valence-electron chi connectivity index (χ0n) is 8.26. The van der Waals surface area contributed by atoms with Crippen molar-refractivity contribution in [1.29, 1.82) is 0 Å². The molecule has 0 saturated carbocycles. The molecule has 0 atom stereocenters. The van der Waals surface area contributed by atoms with Crippen LogP contribution in [0, 0.1) is 0 Å². The van der Waals surface area contributed by atoms with E-state index >= 15 is 0 Å². The van der Waals surface area contributed by atoms with E-state index in [2.05, 4.69) is 29.7 Å². The van der Waals surface area contributed by atoms with Crippen molar-refractivity contribution in [2.45, 2.75) is 6.54 Å². The minimum absolute atomic E-state index is 0.209. The maximum absolute atomic E-state index is 8.87. The molecule has 1 aromatic carbocycles. The first kappa shape index (κ1) is 11.6. The van der Waals surface area contributed by atoms with Crippen LogP contribution in [0.2, 0.25) is 0 Å². The molecule has 0 heterocycles. The predicted octanol–water partition coefficient (Wildman–Crippen LogP) is 1.41. The van der Waals surface area contributed by atoms with Crippen molar-refractivity contribution >= 4 is 12.6 Å². The first-order valence-electron chi connectivity index (χ1n) is 4.85. The van der Waals surface area contributed by atoms with E-state index in [4.69, 9.17) is 5.11 Å². The van der Waals surface area contributed by atoms with Gasteiger partial charge >= 0.3 is 0 Å². The van der Waals surface area contributed by atoms with Crippen molar-refractivity contribution < 1.29 is 5.11 Å². The molecule has 0 amide bonds. The first-order chi connectivity index (χ1) is 6.86. The molecule has 78 valence electrons. The SMILES string of the molecule is OCCN(CCS)Cc1ccccc1. The topological polar surface area (TPSA) is 23.5 Å². The summed E-state index contributed by atoms with van der Waals surface area (Å²) in [6.07, 6.45) is 0. The van der Waals surface area contributed by atoms with Gasteiger partial charge in [-0.05, 0) is 5.56 Å². The maximum atomic E-state index is 8.87. The third-order valence-electron chi connectivity index (χ3n) is 2.08. The molecule has 0 saturated heterocycles. The van der Waals surface area contributed by atoms with Gasteiger partial charge < -0.3 is 5.11 Å². The number of aliphatic hydroxyl groups excluding tert-OH is 1. The molecule has 2 nitrogen and oxygen atoms in total. The van der Waals surface area contributed by atoms with Crippen molar-refractivity contribution in [3.63, 3.8) is 0 Å². The van der Waals surface area contributed by atoms with E-state index in [1.165, 1.54) is 5.56 Å². The Bertz CT molecular complexity index is 234. The van der Waals surface area contributed by atoms with E-state index in [-0.39, 0.29) is 6.61 Å². The number of benzene rings is 1. The second-order valence-corrected chi connectivity index (χ2v) is 3.66. The second-order valence-electron chi connectivity index (χ2n) is 3.21. The van der Waals surface area contributed by atoms with Gasteiger partial charge in [-0.1, -0.05) is 30.3 Å². The average Bonchev–Trinajstić information content (AvgIpc) is 2.20. The highest BCUT2D eigenvalue weighted by Gasteiger charge is 2.03. The van der Waals surface area contributed by atoms with Crippen LogP contribution in [-0.4, -0.2) is 35.5 Å². The lowest BCUT2D eigenvalue weighted by Gasteiger charge is -2.20. The summed E-state index contributed by atoms with van der Waals surface area (Å²) in [6.45, 7) is 2.73. The van der Waals surface area contributed by atoms with E-state index in [1.54, 1.807) is 0 Å². The molecule has 1 N–H and O–H groups in total. The minimum atomic E-state index is 0.209. The van der Waals surface area contributed by atoms with E-state index in [0.717, 1.165) is 25.4 Å². The lowest BCUT2D eigenvalue weighted by Crippen LogP contribution is -2.28. The third-order valence-corrected chi connectivity index (χ3v) is 2.28. The quantitative estimate of drug-likeness (QED) is 0.695. The highest BCUT2D eigenvalue weighted by atomic mass is 32.1. The fraction of sp³-hybridized carbons (Fsp3) is 0.455. The number of rotatable bonds is 6. The molecule has 0 aliphatic rings. The fourth-order valence-corrected chi connectivity index (χ4v) is 1.68. The molecule has 14 heavy (non-hydrogen) atoms. The standard InChI is InChI=1S/C11H17NOS/c13-8-6-12(7-9-14)10-11-4-2-1-3-5-11/h1-5,13-14H,6-10H2. The lowest BCUT2D eigenvalue weighted by molar-refractivity contribution is 0.198. The number of thiol groups is 1. The van der Waals surface area contributed by atoms with Crippen LogP contribution in [0.25, 0.3) is 0 Å². The zero-order valence-corrected chi connectivity index (χ0v) is 9.16. The smallest absolute Gasteiger partial charge is 0.0558 e. The summed E-state index contributed by atoms with van der Waals surface area (Å²) in [5, 5.41) is 8.87. The van der Waals surface area contributed by atoms with E-state index < -0.39 is 0 Å². The highest BCUT2D eigenvalue weighted by molar-refractivity contribution is 7.80. The molecule has 0 unspecified atom stereocenters. The van der Waals surface area contributed by atoms with Gasteiger partial charge in [0.25, 0.3) is 0 Å². The molecule has 0 aliphatic heterocycles. The summed E-state index contributed by atoms with van der Waals surface area (Å²) in [6, 6.07) is 10.3. The maximum Gasteiger partial charge on any atom is 0.0558 e. The van der Waals surface area contributed by atoms with Crippen LogP contribution >= 0.6 is 12.6 Å². The Morgan fingerprint density at radius 2 is 1.86 bits per heavy atom. The summed E-state index contributed by atoms with van der Waals surface area (Å²) in [5.41, 5.74) is 1.28. The van der Waals surface area contributed by atoms with Crippen LogP contribution in [-0.2, 0) is 6.54 Å². The van der Waals surface area contributed by atoms with E-state index in [1.807, 2.05) is 18.2 Å². The summed E-state index contributed by atoms with van der Waals surface area (Å²) < 4.78 is 0. The van der Waals surface area contributed by atoms with Gasteiger partial charge in [0.15, 0.2) is 0 Å². The van der Waals surface area contributed by atoms with Gasteiger partial charge in [-0.15, -0.1) is 0 Å². The fourth-order valence-electron chi connectivity index (χ4n) is 1.39. The Labute approximate surface area is 91.0 Å². The van der Waals surface area contributed by atoms with Crippen molar-refractivity contribution in [3.8, 4) is 0 Å². The summed E-state index contributed by atoms with van der Waals surface area (Å²) >= 11 is 4.20. The molecule has 0 spiro atoms. The van der Waals surface area contributed by atoms with Crippen molar-refractivity contribution in [1.82, 2.24) is 4.90 Å². The number of nitrogens with zero attached hydrogens (tertiary/aromatic N) is 1.